The van der Waals surface area contributed by atoms with E-state index < -0.39 is 10.0 Å². The molecule has 0 spiro atoms. The summed E-state index contributed by atoms with van der Waals surface area (Å²) in [7, 11) is -3.63. The Balaban J connectivity index is 1.32. The highest BCUT2D eigenvalue weighted by molar-refractivity contribution is 7.89. The second-order valence-corrected chi connectivity index (χ2v) is 9.63. The van der Waals surface area contributed by atoms with Crippen LogP contribution in [-0.2, 0) is 16.4 Å². The zero-order valence-electron chi connectivity index (χ0n) is 16.2. The van der Waals surface area contributed by atoms with Crippen LogP contribution in [0.1, 0.15) is 5.69 Å². The summed E-state index contributed by atoms with van der Waals surface area (Å²) in [5.74, 6) is 0.0864. The van der Waals surface area contributed by atoms with Crippen LogP contribution in [0.15, 0.2) is 77.0 Å². The van der Waals surface area contributed by atoms with E-state index in [2.05, 4.69) is 14.8 Å². The molecule has 156 valence electrons. The van der Waals surface area contributed by atoms with Crippen LogP contribution in [-0.4, -0.2) is 29.6 Å². The molecule has 0 aliphatic heterocycles. The van der Waals surface area contributed by atoms with Crippen molar-refractivity contribution in [1.82, 2.24) is 19.3 Å². The van der Waals surface area contributed by atoms with Gasteiger partial charge in [-0.1, -0.05) is 42.5 Å². The summed E-state index contributed by atoms with van der Waals surface area (Å²) in [4.78, 5) is 5.35. The van der Waals surface area contributed by atoms with Gasteiger partial charge in [-0.2, -0.15) is 4.98 Å². The molecule has 1 N–H and O–H groups in total. The van der Waals surface area contributed by atoms with Crippen molar-refractivity contribution in [1.29, 1.82) is 0 Å². The first-order valence-electron chi connectivity index (χ1n) is 9.57. The van der Waals surface area contributed by atoms with Crippen LogP contribution in [0, 0.1) is 5.82 Å². The number of thiazole rings is 1. The highest BCUT2D eigenvalue weighted by Gasteiger charge is 2.16. The third-order valence-corrected chi connectivity index (χ3v) is 7.26. The second kappa shape index (κ2) is 7.84. The summed E-state index contributed by atoms with van der Waals surface area (Å²) in [6, 6.07) is 18.8. The molecule has 0 unspecified atom stereocenters. The Morgan fingerprint density at radius 1 is 1.00 bits per heavy atom. The Bertz CT molecular complexity index is 1510. The molecule has 0 atom stereocenters. The smallest absolute Gasteiger partial charge is 0.211 e. The van der Waals surface area contributed by atoms with Crippen LogP contribution in [0.4, 0.5) is 4.39 Å². The number of nitrogens with zero attached hydrogens (tertiary/aromatic N) is 3. The van der Waals surface area contributed by atoms with E-state index in [1.165, 1.54) is 23.5 Å². The average molecular weight is 453 g/mol. The number of hydrogen-bond acceptors (Lipinski definition) is 5. The second-order valence-electron chi connectivity index (χ2n) is 7.02. The van der Waals surface area contributed by atoms with E-state index in [4.69, 9.17) is 0 Å². The predicted octanol–water partition coefficient (Wildman–Crippen LogP) is 4.27. The van der Waals surface area contributed by atoms with Crippen molar-refractivity contribution >= 4 is 37.1 Å². The summed E-state index contributed by atoms with van der Waals surface area (Å²) < 4.78 is 43.2. The summed E-state index contributed by atoms with van der Waals surface area (Å²) in [5.41, 5.74) is 1.43. The minimum atomic E-state index is -3.63. The van der Waals surface area contributed by atoms with E-state index in [1.54, 1.807) is 34.8 Å². The number of hydrogen-bond donors (Lipinski definition) is 1. The van der Waals surface area contributed by atoms with E-state index in [-0.39, 0.29) is 17.3 Å². The van der Waals surface area contributed by atoms with Gasteiger partial charge in [-0.3, -0.25) is 0 Å². The Labute approximate surface area is 182 Å². The van der Waals surface area contributed by atoms with Gasteiger partial charge in [-0.15, -0.1) is 16.4 Å². The third kappa shape index (κ3) is 3.95. The van der Waals surface area contributed by atoms with Crippen LogP contribution in [0.5, 0.6) is 0 Å². The molecular formula is C22H17FN4O2S2. The van der Waals surface area contributed by atoms with E-state index >= 15 is 0 Å². The monoisotopic (exact) mass is 452 g/mol. The maximum atomic E-state index is 13.5. The molecule has 5 aromatic rings. The van der Waals surface area contributed by atoms with Gasteiger partial charge in [0.05, 0.1) is 10.6 Å². The number of aromatic nitrogens is 3. The Morgan fingerprint density at radius 3 is 2.68 bits per heavy atom. The fraction of sp³-hybridized carbons (Fsp3) is 0.0909. The summed E-state index contributed by atoms with van der Waals surface area (Å²) in [6.45, 7) is 0.218. The molecule has 0 radical (unpaired) electrons. The molecule has 5 rings (SSSR count). The van der Waals surface area contributed by atoms with Crippen LogP contribution >= 0.6 is 11.3 Å². The largest absolute Gasteiger partial charge is 0.240 e. The molecule has 0 bridgehead atoms. The van der Waals surface area contributed by atoms with Crippen molar-refractivity contribution in [3.63, 3.8) is 0 Å². The Kier molecular flexibility index (Phi) is 5.01. The van der Waals surface area contributed by atoms with Crippen molar-refractivity contribution in [3.8, 4) is 11.4 Å². The molecular weight excluding hydrogens is 435 g/mol. The van der Waals surface area contributed by atoms with Gasteiger partial charge >= 0.3 is 0 Å². The van der Waals surface area contributed by atoms with Crippen molar-refractivity contribution in [2.24, 2.45) is 0 Å². The van der Waals surface area contributed by atoms with Gasteiger partial charge in [-0.25, -0.2) is 22.0 Å². The first-order valence-corrected chi connectivity index (χ1v) is 11.9. The molecule has 0 fully saturated rings. The number of sulfonamides is 1. The number of nitrogens with one attached hydrogen (secondary N) is 1. The van der Waals surface area contributed by atoms with Crippen LogP contribution < -0.4 is 4.72 Å². The topological polar surface area (TPSA) is 76.4 Å². The summed E-state index contributed by atoms with van der Waals surface area (Å²) in [5, 5.41) is 8.22. The van der Waals surface area contributed by atoms with E-state index in [1.807, 2.05) is 29.6 Å². The fourth-order valence-corrected chi connectivity index (χ4v) is 5.30. The number of fused-ring (bicyclic) bond motifs is 2. The number of rotatable bonds is 6. The molecule has 2 aromatic heterocycles. The van der Waals surface area contributed by atoms with Gasteiger partial charge in [0.25, 0.3) is 0 Å². The zero-order valence-corrected chi connectivity index (χ0v) is 17.8. The first-order chi connectivity index (χ1) is 15.0. The lowest BCUT2D eigenvalue weighted by Gasteiger charge is -2.07. The molecule has 31 heavy (non-hydrogen) atoms. The quantitative estimate of drug-likeness (QED) is 0.417. The first kappa shape index (κ1) is 19.8. The molecule has 6 nitrogen and oxygen atoms in total. The maximum absolute atomic E-state index is 13.5. The molecule has 9 heteroatoms. The van der Waals surface area contributed by atoms with Gasteiger partial charge in [0.1, 0.15) is 5.82 Å². The third-order valence-electron chi connectivity index (χ3n) is 4.94. The zero-order chi connectivity index (χ0) is 21.4. The lowest BCUT2D eigenvalue weighted by Crippen LogP contribution is -2.26. The van der Waals surface area contributed by atoms with E-state index in [9.17, 15) is 12.8 Å². The van der Waals surface area contributed by atoms with Crippen molar-refractivity contribution in [3.05, 3.63) is 83.6 Å². The molecule has 0 aliphatic rings. The highest BCUT2D eigenvalue weighted by atomic mass is 32.2. The molecule has 0 amide bonds. The van der Waals surface area contributed by atoms with Crippen LogP contribution in [0.2, 0.25) is 0 Å². The normalized spacial score (nSPS) is 12.0. The van der Waals surface area contributed by atoms with Crippen molar-refractivity contribution in [2.75, 3.05) is 6.54 Å². The number of halogens is 1. The van der Waals surface area contributed by atoms with Crippen LogP contribution in [0.3, 0.4) is 0 Å². The van der Waals surface area contributed by atoms with E-state index in [0.717, 1.165) is 16.5 Å². The fourth-order valence-electron chi connectivity index (χ4n) is 3.38. The lowest BCUT2D eigenvalue weighted by atomic mass is 10.1. The lowest BCUT2D eigenvalue weighted by molar-refractivity contribution is 0.581. The van der Waals surface area contributed by atoms with Crippen LogP contribution in [0.25, 0.3) is 27.1 Å². The molecule has 2 heterocycles. The van der Waals surface area contributed by atoms with Gasteiger partial charge in [0.2, 0.25) is 15.0 Å². The highest BCUT2D eigenvalue weighted by Crippen LogP contribution is 2.22. The molecule has 0 aliphatic carbocycles. The number of benzene rings is 3. The van der Waals surface area contributed by atoms with Gasteiger partial charge in [-0.05, 0) is 35.0 Å². The van der Waals surface area contributed by atoms with Gasteiger partial charge < -0.3 is 0 Å². The molecule has 3 aromatic carbocycles. The van der Waals surface area contributed by atoms with Crippen molar-refractivity contribution < 1.29 is 12.8 Å². The summed E-state index contributed by atoms with van der Waals surface area (Å²) in [6.07, 6.45) is 0.443. The Morgan fingerprint density at radius 2 is 1.84 bits per heavy atom. The minimum absolute atomic E-state index is 0.218. The minimum Gasteiger partial charge on any atom is -0.211 e. The average Bonchev–Trinajstić information content (AvgIpc) is 3.35. The van der Waals surface area contributed by atoms with Crippen molar-refractivity contribution in [2.45, 2.75) is 11.3 Å². The standard InChI is InChI=1S/C22H17FN4O2S2/c23-18-7-3-6-17(12-18)21-25-22-27(26-21)19(14-30-22)10-11-24-31(28,29)20-9-8-15-4-1-2-5-16(15)13-20/h1-9,12-14,24H,10-11H2. The molecule has 0 saturated carbocycles. The van der Waals surface area contributed by atoms with Gasteiger partial charge in [0.15, 0.2) is 5.82 Å². The van der Waals surface area contributed by atoms with E-state index in [0.29, 0.717) is 22.8 Å². The SMILES string of the molecule is O=S(=O)(NCCc1csc2nc(-c3cccc(F)c3)nn12)c1ccc2ccccc2c1. The Hall–Kier alpha value is -3.14. The van der Waals surface area contributed by atoms with Gasteiger partial charge in [0, 0.05) is 23.9 Å². The predicted molar refractivity (Wildman–Crippen MR) is 119 cm³/mol. The summed E-state index contributed by atoms with van der Waals surface area (Å²) >= 11 is 1.41. The molecule has 0 saturated heterocycles. The maximum Gasteiger partial charge on any atom is 0.240 e.